The molecule has 5 rings (SSSR count). The molecule has 0 aliphatic carbocycles. The van der Waals surface area contributed by atoms with Crippen molar-refractivity contribution in [1.29, 1.82) is 0 Å². The highest BCUT2D eigenvalue weighted by atomic mass is 16.2. The Labute approximate surface area is 171 Å². The SMILES string of the molecule is O=C(Nn1cnc2ccccc21)c1ccc(CN2C(=O)c3ccccc3C2=O)cc1. The van der Waals surface area contributed by atoms with Crippen LogP contribution in [0.15, 0.2) is 79.1 Å². The lowest BCUT2D eigenvalue weighted by Gasteiger charge is -2.14. The Morgan fingerprint density at radius 3 is 2.17 bits per heavy atom. The molecular weight excluding hydrogens is 380 g/mol. The fourth-order valence-corrected chi connectivity index (χ4v) is 3.55. The summed E-state index contributed by atoms with van der Waals surface area (Å²) >= 11 is 0. The number of aromatic nitrogens is 2. The van der Waals surface area contributed by atoms with Crippen LogP contribution >= 0.6 is 0 Å². The van der Waals surface area contributed by atoms with Gasteiger partial charge in [0.25, 0.3) is 17.7 Å². The maximum atomic E-state index is 12.6. The van der Waals surface area contributed by atoms with Gasteiger partial charge in [-0.15, -0.1) is 0 Å². The van der Waals surface area contributed by atoms with Crippen LogP contribution in [0.3, 0.4) is 0 Å². The van der Waals surface area contributed by atoms with Gasteiger partial charge in [0.2, 0.25) is 0 Å². The van der Waals surface area contributed by atoms with E-state index in [1.807, 2.05) is 24.3 Å². The fourth-order valence-electron chi connectivity index (χ4n) is 3.55. The zero-order valence-electron chi connectivity index (χ0n) is 15.8. The lowest BCUT2D eigenvalue weighted by atomic mass is 10.1. The maximum Gasteiger partial charge on any atom is 0.270 e. The van der Waals surface area contributed by atoms with Crippen LogP contribution in [-0.4, -0.2) is 32.3 Å². The van der Waals surface area contributed by atoms with Gasteiger partial charge in [-0.2, -0.15) is 0 Å². The van der Waals surface area contributed by atoms with Crippen molar-refractivity contribution >= 4 is 28.8 Å². The minimum atomic E-state index is -0.301. The molecule has 146 valence electrons. The first kappa shape index (κ1) is 17.8. The number of carbonyl (C=O) groups is 3. The van der Waals surface area contributed by atoms with Crippen molar-refractivity contribution in [2.45, 2.75) is 6.54 Å². The van der Waals surface area contributed by atoms with Gasteiger partial charge in [-0.05, 0) is 42.0 Å². The first-order chi connectivity index (χ1) is 14.6. The molecule has 0 radical (unpaired) electrons. The molecule has 0 atom stereocenters. The van der Waals surface area contributed by atoms with Crippen molar-refractivity contribution in [2.75, 3.05) is 5.43 Å². The Morgan fingerprint density at radius 2 is 1.47 bits per heavy atom. The highest BCUT2D eigenvalue weighted by Gasteiger charge is 2.34. The van der Waals surface area contributed by atoms with E-state index in [0.29, 0.717) is 16.7 Å². The van der Waals surface area contributed by atoms with Gasteiger partial charge in [0.05, 0.1) is 28.7 Å². The molecular formula is C23H16N4O3. The highest BCUT2D eigenvalue weighted by molar-refractivity contribution is 6.21. The molecule has 3 aromatic carbocycles. The van der Waals surface area contributed by atoms with Crippen LogP contribution in [0.25, 0.3) is 11.0 Å². The normalized spacial score (nSPS) is 13.0. The Hall–Kier alpha value is -4.26. The van der Waals surface area contributed by atoms with Crippen LogP contribution in [0.5, 0.6) is 0 Å². The molecule has 0 bridgehead atoms. The summed E-state index contributed by atoms with van der Waals surface area (Å²) in [6, 6.07) is 21.1. The summed E-state index contributed by atoms with van der Waals surface area (Å²) in [5, 5.41) is 0. The molecule has 3 amide bonds. The predicted molar refractivity (Wildman–Crippen MR) is 111 cm³/mol. The van der Waals surface area contributed by atoms with Crippen LogP contribution in [0.2, 0.25) is 0 Å². The molecule has 0 unspecified atom stereocenters. The van der Waals surface area contributed by atoms with Crippen molar-refractivity contribution in [3.8, 4) is 0 Å². The topological polar surface area (TPSA) is 84.3 Å². The summed E-state index contributed by atoms with van der Waals surface area (Å²) in [6.45, 7) is 0.153. The van der Waals surface area contributed by atoms with E-state index in [1.165, 1.54) is 4.90 Å². The van der Waals surface area contributed by atoms with Gasteiger partial charge in [0.15, 0.2) is 0 Å². The van der Waals surface area contributed by atoms with Gasteiger partial charge in [-0.25, -0.2) is 9.66 Å². The molecule has 0 fully saturated rings. The number of rotatable bonds is 4. The molecule has 7 nitrogen and oxygen atoms in total. The summed E-state index contributed by atoms with van der Waals surface area (Å²) in [7, 11) is 0. The van der Waals surface area contributed by atoms with Gasteiger partial charge in [-0.3, -0.25) is 24.7 Å². The molecule has 1 aliphatic rings. The molecule has 0 saturated carbocycles. The number of amides is 3. The third-order valence-corrected chi connectivity index (χ3v) is 5.11. The average Bonchev–Trinajstić information content (AvgIpc) is 3.29. The van der Waals surface area contributed by atoms with Gasteiger partial charge < -0.3 is 0 Å². The van der Waals surface area contributed by atoms with E-state index in [0.717, 1.165) is 16.6 Å². The molecule has 0 spiro atoms. The van der Waals surface area contributed by atoms with Crippen LogP contribution in [0.4, 0.5) is 0 Å². The second-order valence-corrected chi connectivity index (χ2v) is 6.98. The second kappa shape index (κ2) is 6.97. The third kappa shape index (κ3) is 2.93. The number of nitrogens with one attached hydrogen (secondary N) is 1. The zero-order chi connectivity index (χ0) is 20.7. The number of benzene rings is 3. The van der Waals surface area contributed by atoms with E-state index in [9.17, 15) is 14.4 Å². The van der Waals surface area contributed by atoms with Crippen LogP contribution in [0, 0.1) is 0 Å². The van der Waals surface area contributed by atoms with Crippen molar-refractivity contribution in [2.24, 2.45) is 0 Å². The largest absolute Gasteiger partial charge is 0.270 e. The molecule has 7 heteroatoms. The first-order valence-corrected chi connectivity index (χ1v) is 9.39. The van der Waals surface area contributed by atoms with Crippen molar-refractivity contribution < 1.29 is 14.4 Å². The van der Waals surface area contributed by atoms with Gasteiger partial charge >= 0.3 is 0 Å². The highest BCUT2D eigenvalue weighted by Crippen LogP contribution is 2.24. The summed E-state index contributed by atoms with van der Waals surface area (Å²) in [4.78, 5) is 43.1. The van der Waals surface area contributed by atoms with Crippen molar-refractivity contribution in [1.82, 2.24) is 14.6 Å². The molecule has 30 heavy (non-hydrogen) atoms. The van der Waals surface area contributed by atoms with Gasteiger partial charge in [-0.1, -0.05) is 36.4 Å². The number of para-hydroxylation sites is 2. The lowest BCUT2D eigenvalue weighted by molar-refractivity contribution is 0.0642. The summed E-state index contributed by atoms with van der Waals surface area (Å²) in [6.07, 6.45) is 1.55. The Balaban J connectivity index is 1.31. The number of hydrogen-bond acceptors (Lipinski definition) is 4. The molecule has 0 saturated heterocycles. The van der Waals surface area contributed by atoms with Crippen molar-refractivity contribution in [3.05, 3.63) is 101 Å². The number of fused-ring (bicyclic) bond motifs is 2. The minimum Gasteiger partial charge on any atom is -0.270 e. The van der Waals surface area contributed by atoms with E-state index in [1.54, 1.807) is 59.5 Å². The maximum absolute atomic E-state index is 12.6. The number of imide groups is 1. The fraction of sp³-hybridized carbons (Fsp3) is 0.0435. The summed E-state index contributed by atoms with van der Waals surface area (Å²) in [5.74, 6) is -0.890. The predicted octanol–water partition coefficient (Wildman–Crippen LogP) is 3.22. The lowest BCUT2D eigenvalue weighted by Crippen LogP contribution is -2.29. The monoisotopic (exact) mass is 396 g/mol. The standard InChI is InChI=1S/C23H16N4O3/c28-21(25-27-14-24-19-7-3-4-8-20(19)27)16-11-9-15(10-12-16)13-26-22(29)17-5-1-2-6-18(17)23(26)30/h1-12,14H,13H2,(H,25,28). The van der Waals surface area contributed by atoms with Crippen LogP contribution in [0.1, 0.15) is 36.6 Å². The van der Waals surface area contributed by atoms with E-state index in [2.05, 4.69) is 10.4 Å². The van der Waals surface area contributed by atoms with Crippen LogP contribution < -0.4 is 5.43 Å². The van der Waals surface area contributed by atoms with E-state index >= 15 is 0 Å². The Kier molecular flexibility index (Phi) is 4.14. The third-order valence-electron chi connectivity index (χ3n) is 5.11. The molecule has 1 aromatic heterocycles. The zero-order valence-corrected chi connectivity index (χ0v) is 15.8. The number of nitrogens with zero attached hydrogens (tertiary/aromatic N) is 3. The quantitative estimate of drug-likeness (QED) is 0.537. The Morgan fingerprint density at radius 1 is 0.833 bits per heavy atom. The number of imidazole rings is 1. The van der Waals surface area contributed by atoms with E-state index in [4.69, 9.17) is 0 Å². The second-order valence-electron chi connectivity index (χ2n) is 6.98. The van der Waals surface area contributed by atoms with Gasteiger partial charge in [0, 0.05) is 5.56 Å². The minimum absolute atomic E-state index is 0.153. The smallest absolute Gasteiger partial charge is 0.270 e. The van der Waals surface area contributed by atoms with E-state index < -0.39 is 0 Å². The number of hydrogen-bond donors (Lipinski definition) is 1. The molecule has 2 heterocycles. The molecule has 4 aromatic rings. The Bertz CT molecular complexity index is 1270. The number of carbonyl (C=O) groups excluding carboxylic acids is 3. The van der Waals surface area contributed by atoms with Crippen molar-refractivity contribution in [3.63, 3.8) is 0 Å². The molecule has 1 N–H and O–H groups in total. The summed E-state index contributed by atoms with van der Waals surface area (Å²) in [5.41, 5.74) is 6.44. The first-order valence-electron chi connectivity index (χ1n) is 9.39. The van der Waals surface area contributed by atoms with Gasteiger partial charge in [0.1, 0.15) is 6.33 Å². The van der Waals surface area contributed by atoms with Crippen LogP contribution in [-0.2, 0) is 6.54 Å². The molecule has 1 aliphatic heterocycles. The summed E-state index contributed by atoms with van der Waals surface area (Å²) < 4.78 is 1.57. The van der Waals surface area contributed by atoms with E-state index in [-0.39, 0.29) is 24.3 Å². The average molecular weight is 396 g/mol.